The number of carbonyl (C=O) groups excluding carboxylic acids is 2. The molecule has 0 heterocycles. The van der Waals surface area contributed by atoms with Gasteiger partial charge in [-0.15, -0.1) is 0 Å². The number of allylic oxidation sites excluding steroid dienone is 5. The monoisotopic (exact) mass is 942 g/mol. The minimum atomic E-state index is -0.853. The standard InChI is InChI=1S/C61H115NO5/c1-3-5-7-9-11-13-15-17-19-21-22-24-25-29-33-37-41-45-49-53-59(64)58(57-63)62-60(65)54-50-46-42-38-34-30-27-28-32-36-40-44-48-52-56-67-61(66)55-51-47-43-39-35-31-26-23-20-18-16-14-12-10-8-6-4-2/h12,14,18,20,49,53,58-59,63-64H,3-11,13,15-17,19,21-48,50-52,54-57H2,1-2H3,(H,62,65)/b14-12-,20-18-,53-49+. The Hall–Kier alpha value is -1.92. The predicted molar refractivity (Wildman–Crippen MR) is 292 cm³/mol. The number of nitrogens with one attached hydrogen (secondary N) is 1. The normalized spacial score (nSPS) is 12.8. The number of amides is 1. The molecule has 0 rings (SSSR count). The Kier molecular flexibility index (Phi) is 55.0. The molecule has 0 aliphatic heterocycles. The minimum absolute atomic E-state index is 0.0110. The van der Waals surface area contributed by atoms with E-state index in [2.05, 4.69) is 43.5 Å². The highest BCUT2D eigenvalue weighted by Crippen LogP contribution is 2.17. The van der Waals surface area contributed by atoms with Crippen LogP contribution in [0.15, 0.2) is 36.5 Å². The van der Waals surface area contributed by atoms with E-state index in [4.69, 9.17) is 4.74 Å². The number of unbranched alkanes of at least 4 members (excludes halogenated alkanes) is 40. The number of esters is 1. The van der Waals surface area contributed by atoms with Crippen molar-refractivity contribution in [3.8, 4) is 0 Å². The molecule has 0 aliphatic carbocycles. The molecule has 1 amide bonds. The third kappa shape index (κ3) is 53.3. The first-order valence-electron chi connectivity index (χ1n) is 29.8. The second-order valence-electron chi connectivity index (χ2n) is 20.3. The second kappa shape index (κ2) is 56.7. The number of hydrogen-bond acceptors (Lipinski definition) is 5. The van der Waals surface area contributed by atoms with Gasteiger partial charge in [-0.05, 0) is 64.2 Å². The zero-order valence-electron chi connectivity index (χ0n) is 44.9. The molecule has 67 heavy (non-hydrogen) atoms. The second-order valence-corrected chi connectivity index (χ2v) is 20.3. The van der Waals surface area contributed by atoms with Gasteiger partial charge in [0.2, 0.25) is 5.91 Å². The quantitative estimate of drug-likeness (QED) is 0.0321. The van der Waals surface area contributed by atoms with Crippen LogP contribution >= 0.6 is 0 Å². The molecule has 3 N–H and O–H groups in total. The summed E-state index contributed by atoms with van der Waals surface area (Å²) in [6, 6.07) is -0.637. The molecule has 2 atom stereocenters. The molecule has 0 spiro atoms. The molecule has 0 aliphatic rings. The maximum atomic E-state index is 12.5. The van der Waals surface area contributed by atoms with Crippen molar-refractivity contribution < 1.29 is 24.5 Å². The van der Waals surface area contributed by atoms with E-state index in [0.717, 1.165) is 64.2 Å². The fourth-order valence-electron chi connectivity index (χ4n) is 9.08. The van der Waals surface area contributed by atoms with Crippen LogP contribution in [0.1, 0.15) is 316 Å². The summed E-state index contributed by atoms with van der Waals surface area (Å²) < 4.78 is 5.48. The number of aliphatic hydroxyl groups excluding tert-OH is 2. The highest BCUT2D eigenvalue weighted by atomic mass is 16.5. The van der Waals surface area contributed by atoms with Crippen LogP contribution in [0.5, 0.6) is 0 Å². The maximum Gasteiger partial charge on any atom is 0.305 e. The number of ether oxygens (including phenoxy) is 1. The predicted octanol–water partition coefficient (Wildman–Crippen LogP) is 18.4. The molecule has 2 unspecified atom stereocenters. The lowest BCUT2D eigenvalue weighted by molar-refractivity contribution is -0.143. The van der Waals surface area contributed by atoms with Crippen molar-refractivity contribution in [2.75, 3.05) is 13.2 Å². The van der Waals surface area contributed by atoms with Crippen LogP contribution in [0.3, 0.4) is 0 Å². The van der Waals surface area contributed by atoms with Gasteiger partial charge in [-0.3, -0.25) is 9.59 Å². The minimum Gasteiger partial charge on any atom is -0.466 e. The van der Waals surface area contributed by atoms with Gasteiger partial charge in [-0.25, -0.2) is 0 Å². The lowest BCUT2D eigenvalue weighted by Crippen LogP contribution is -2.45. The molecular formula is C61H115NO5. The number of rotatable bonds is 55. The molecule has 0 bridgehead atoms. The van der Waals surface area contributed by atoms with Crippen LogP contribution in [-0.4, -0.2) is 47.4 Å². The number of carbonyl (C=O) groups is 2. The Morgan fingerprint density at radius 1 is 0.418 bits per heavy atom. The molecule has 0 fully saturated rings. The van der Waals surface area contributed by atoms with Gasteiger partial charge in [0.05, 0.1) is 25.4 Å². The summed E-state index contributed by atoms with van der Waals surface area (Å²) in [5.41, 5.74) is 0. The van der Waals surface area contributed by atoms with Crippen LogP contribution < -0.4 is 5.32 Å². The van der Waals surface area contributed by atoms with Gasteiger partial charge in [0, 0.05) is 12.8 Å². The van der Waals surface area contributed by atoms with E-state index in [1.807, 2.05) is 6.08 Å². The Morgan fingerprint density at radius 2 is 0.746 bits per heavy atom. The summed E-state index contributed by atoms with van der Waals surface area (Å²) in [6.45, 7) is 4.87. The van der Waals surface area contributed by atoms with Gasteiger partial charge in [0.15, 0.2) is 0 Å². The first kappa shape index (κ1) is 65.1. The zero-order valence-corrected chi connectivity index (χ0v) is 44.9. The van der Waals surface area contributed by atoms with E-state index in [1.165, 1.54) is 225 Å². The SMILES string of the molecule is CCCCC/C=C\C/C=C\CCCCCCCCCC(=O)OCCCCCCCCCCCCCCCCC(=O)NC(CO)C(O)/C=C/CCCCCCCCCCCCCCCCCCC. The lowest BCUT2D eigenvalue weighted by Gasteiger charge is -2.20. The van der Waals surface area contributed by atoms with Crippen molar-refractivity contribution in [1.29, 1.82) is 0 Å². The Morgan fingerprint density at radius 3 is 1.16 bits per heavy atom. The van der Waals surface area contributed by atoms with Crippen LogP contribution in [0, 0.1) is 0 Å². The summed E-state index contributed by atoms with van der Waals surface area (Å²) in [7, 11) is 0. The van der Waals surface area contributed by atoms with Crippen molar-refractivity contribution in [3.05, 3.63) is 36.5 Å². The van der Waals surface area contributed by atoms with E-state index < -0.39 is 12.1 Å². The summed E-state index contributed by atoms with van der Waals surface area (Å²) in [6.07, 6.45) is 70.2. The van der Waals surface area contributed by atoms with E-state index in [0.29, 0.717) is 19.4 Å². The topological polar surface area (TPSA) is 95.9 Å². The van der Waals surface area contributed by atoms with Crippen LogP contribution in [-0.2, 0) is 14.3 Å². The first-order valence-corrected chi connectivity index (χ1v) is 29.8. The Labute approximate surface area is 417 Å². The zero-order chi connectivity index (χ0) is 48.6. The van der Waals surface area contributed by atoms with Gasteiger partial charge in [0.1, 0.15) is 0 Å². The fraction of sp³-hybridized carbons (Fsp3) is 0.869. The summed E-state index contributed by atoms with van der Waals surface area (Å²) in [5.74, 6) is -0.0879. The van der Waals surface area contributed by atoms with Crippen molar-refractivity contribution in [2.45, 2.75) is 328 Å². The highest BCUT2D eigenvalue weighted by molar-refractivity contribution is 5.76. The molecule has 0 aromatic carbocycles. The molecule has 394 valence electrons. The van der Waals surface area contributed by atoms with Crippen molar-refractivity contribution in [1.82, 2.24) is 5.32 Å². The third-order valence-corrected chi connectivity index (χ3v) is 13.7. The Balaban J connectivity index is 3.47. The van der Waals surface area contributed by atoms with Gasteiger partial charge in [-0.1, -0.05) is 275 Å². The maximum absolute atomic E-state index is 12.5. The van der Waals surface area contributed by atoms with E-state index in [-0.39, 0.29) is 18.5 Å². The van der Waals surface area contributed by atoms with Crippen molar-refractivity contribution in [2.24, 2.45) is 0 Å². The number of aliphatic hydroxyl groups is 2. The van der Waals surface area contributed by atoms with Crippen LogP contribution in [0.4, 0.5) is 0 Å². The molecule has 0 radical (unpaired) electrons. The van der Waals surface area contributed by atoms with Gasteiger partial charge >= 0.3 is 5.97 Å². The molecule has 6 heteroatoms. The average molecular weight is 943 g/mol. The number of hydrogen-bond donors (Lipinski definition) is 3. The van der Waals surface area contributed by atoms with E-state index >= 15 is 0 Å². The largest absolute Gasteiger partial charge is 0.466 e. The summed E-state index contributed by atoms with van der Waals surface area (Å²) in [5, 5.41) is 23.2. The van der Waals surface area contributed by atoms with E-state index in [1.54, 1.807) is 6.08 Å². The Bertz CT molecular complexity index is 1090. The van der Waals surface area contributed by atoms with Gasteiger partial charge in [0.25, 0.3) is 0 Å². The molecule has 0 aromatic rings. The molecular weight excluding hydrogens is 827 g/mol. The molecule has 0 saturated carbocycles. The smallest absolute Gasteiger partial charge is 0.305 e. The van der Waals surface area contributed by atoms with E-state index in [9.17, 15) is 19.8 Å². The van der Waals surface area contributed by atoms with Gasteiger partial charge < -0.3 is 20.3 Å². The first-order chi connectivity index (χ1) is 33.0. The summed E-state index contributed by atoms with van der Waals surface area (Å²) in [4.78, 5) is 24.6. The van der Waals surface area contributed by atoms with Crippen molar-refractivity contribution in [3.63, 3.8) is 0 Å². The third-order valence-electron chi connectivity index (χ3n) is 13.7. The van der Waals surface area contributed by atoms with Crippen LogP contribution in [0.25, 0.3) is 0 Å². The van der Waals surface area contributed by atoms with Gasteiger partial charge in [-0.2, -0.15) is 0 Å². The average Bonchev–Trinajstić information content (AvgIpc) is 3.33. The summed E-state index contributed by atoms with van der Waals surface area (Å²) >= 11 is 0. The molecule has 6 nitrogen and oxygen atoms in total. The van der Waals surface area contributed by atoms with Crippen LogP contribution in [0.2, 0.25) is 0 Å². The highest BCUT2D eigenvalue weighted by Gasteiger charge is 2.18. The fourth-order valence-corrected chi connectivity index (χ4v) is 9.08. The van der Waals surface area contributed by atoms with Crippen molar-refractivity contribution >= 4 is 11.9 Å². The molecule has 0 aromatic heterocycles. The lowest BCUT2D eigenvalue weighted by atomic mass is 10.0. The molecule has 0 saturated heterocycles.